The number of rotatable bonds is 4. The highest BCUT2D eigenvalue weighted by molar-refractivity contribution is 5.74. The quantitative estimate of drug-likeness (QED) is 0.698. The normalized spacial score (nSPS) is 21.8. The van der Waals surface area contributed by atoms with Crippen molar-refractivity contribution in [1.82, 2.24) is 4.90 Å². The molecule has 0 spiro atoms. The summed E-state index contributed by atoms with van der Waals surface area (Å²) in [5.41, 5.74) is -0.495. The van der Waals surface area contributed by atoms with Gasteiger partial charge in [0.15, 0.2) is 0 Å². The van der Waals surface area contributed by atoms with Gasteiger partial charge in [0.1, 0.15) is 0 Å². The first-order valence-electron chi connectivity index (χ1n) is 5.15. The maximum atomic E-state index is 11.0. The van der Waals surface area contributed by atoms with E-state index in [9.17, 15) is 4.79 Å². The molecule has 14 heavy (non-hydrogen) atoms. The largest absolute Gasteiger partial charge is 0.481 e. The molecule has 0 saturated carbocycles. The Morgan fingerprint density at radius 3 is 2.57 bits per heavy atom. The number of carbonyl (C=O) groups is 1. The molecule has 1 saturated heterocycles. The van der Waals surface area contributed by atoms with Crippen LogP contribution in [-0.4, -0.2) is 35.6 Å². The van der Waals surface area contributed by atoms with Crippen molar-refractivity contribution in [3.8, 4) is 0 Å². The first kappa shape index (κ1) is 11.2. The Kier molecular flexibility index (Phi) is 3.69. The molecule has 0 radical (unpaired) electrons. The van der Waals surface area contributed by atoms with Crippen molar-refractivity contribution in [1.29, 1.82) is 0 Å². The van der Waals surface area contributed by atoms with Crippen LogP contribution in [0.4, 0.5) is 0 Å². The second-order valence-electron chi connectivity index (χ2n) is 4.28. The van der Waals surface area contributed by atoms with Gasteiger partial charge < -0.3 is 10.0 Å². The van der Waals surface area contributed by atoms with Crippen LogP contribution >= 0.6 is 0 Å². The SMILES string of the molecule is C=CCCN1CCC(C)(C(=O)O)CC1. The predicted octanol–water partition coefficient (Wildman–Crippen LogP) is 1.75. The minimum absolute atomic E-state index is 0.495. The second-order valence-corrected chi connectivity index (χ2v) is 4.28. The maximum Gasteiger partial charge on any atom is 0.309 e. The molecule has 3 heteroatoms. The van der Waals surface area contributed by atoms with Gasteiger partial charge in [-0.1, -0.05) is 6.08 Å². The molecule has 0 aromatic rings. The van der Waals surface area contributed by atoms with Crippen LogP contribution in [0.15, 0.2) is 12.7 Å². The summed E-state index contributed by atoms with van der Waals surface area (Å²) < 4.78 is 0. The first-order valence-corrected chi connectivity index (χ1v) is 5.15. The summed E-state index contributed by atoms with van der Waals surface area (Å²) in [6.45, 7) is 8.34. The van der Waals surface area contributed by atoms with Crippen LogP contribution in [0.5, 0.6) is 0 Å². The fourth-order valence-corrected chi connectivity index (χ4v) is 1.76. The lowest BCUT2D eigenvalue weighted by Crippen LogP contribution is -2.42. The van der Waals surface area contributed by atoms with E-state index in [1.807, 2.05) is 13.0 Å². The maximum absolute atomic E-state index is 11.0. The van der Waals surface area contributed by atoms with Gasteiger partial charge in [-0.3, -0.25) is 4.79 Å². The van der Waals surface area contributed by atoms with Crippen molar-refractivity contribution in [3.05, 3.63) is 12.7 Å². The van der Waals surface area contributed by atoms with Gasteiger partial charge in [-0.25, -0.2) is 0 Å². The van der Waals surface area contributed by atoms with Gasteiger partial charge in [0.2, 0.25) is 0 Å². The Bertz CT molecular complexity index is 217. The second kappa shape index (κ2) is 4.60. The summed E-state index contributed by atoms with van der Waals surface area (Å²) in [4.78, 5) is 13.3. The zero-order valence-corrected chi connectivity index (χ0v) is 8.83. The number of aliphatic carboxylic acids is 1. The molecular formula is C11H19NO2. The third kappa shape index (κ3) is 2.58. The van der Waals surface area contributed by atoms with Crippen LogP contribution in [0, 0.1) is 5.41 Å². The van der Waals surface area contributed by atoms with E-state index in [1.54, 1.807) is 0 Å². The highest BCUT2D eigenvalue weighted by atomic mass is 16.4. The Morgan fingerprint density at radius 2 is 2.14 bits per heavy atom. The Labute approximate surface area is 85.4 Å². The monoisotopic (exact) mass is 197 g/mol. The average molecular weight is 197 g/mol. The van der Waals surface area contributed by atoms with E-state index in [0.29, 0.717) is 0 Å². The third-order valence-electron chi connectivity index (χ3n) is 3.13. The van der Waals surface area contributed by atoms with Crippen molar-refractivity contribution in [3.63, 3.8) is 0 Å². The summed E-state index contributed by atoms with van der Waals surface area (Å²) in [7, 11) is 0. The average Bonchev–Trinajstić information content (AvgIpc) is 2.17. The molecule has 1 N–H and O–H groups in total. The summed E-state index contributed by atoms with van der Waals surface area (Å²) >= 11 is 0. The highest BCUT2D eigenvalue weighted by Crippen LogP contribution is 2.30. The lowest BCUT2D eigenvalue weighted by atomic mass is 9.80. The molecule has 1 heterocycles. The number of carboxylic acid groups (broad SMARTS) is 1. The summed E-state index contributed by atoms with van der Waals surface area (Å²) in [5, 5.41) is 9.03. The van der Waals surface area contributed by atoms with Crippen LogP contribution < -0.4 is 0 Å². The van der Waals surface area contributed by atoms with Gasteiger partial charge in [-0.15, -0.1) is 6.58 Å². The zero-order chi connectivity index (χ0) is 10.6. The zero-order valence-electron chi connectivity index (χ0n) is 8.83. The Morgan fingerprint density at radius 1 is 1.57 bits per heavy atom. The number of hydrogen-bond donors (Lipinski definition) is 1. The summed E-state index contributed by atoms with van der Waals surface area (Å²) in [6, 6.07) is 0. The van der Waals surface area contributed by atoms with Crippen molar-refractivity contribution in [2.45, 2.75) is 26.2 Å². The molecule has 0 aliphatic carbocycles. The van der Waals surface area contributed by atoms with Crippen LogP contribution in [-0.2, 0) is 4.79 Å². The van der Waals surface area contributed by atoms with Gasteiger partial charge >= 0.3 is 5.97 Å². The Balaban J connectivity index is 2.37. The van der Waals surface area contributed by atoms with E-state index < -0.39 is 11.4 Å². The molecule has 80 valence electrons. The molecule has 1 rings (SSSR count). The van der Waals surface area contributed by atoms with Crippen LogP contribution in [0.2, 0.25) is 0 Å². The molecule has 0 atom stereocenters. The van der Waals surface area contributed by atoms with Gasteiger partial charge in [0, 0.05) is 6.54 Å². The van der Waals surface area contributed by atoms with E-state index in [-0.39, 0.29) is 0 Å². The standard InChI is InChI=1S/C11H19NO2/c1-3-4-7-12-8-5-11(2,6-9-12)10(13)14/h3H,1,4-9H2,2H3,(H,13,14). The third-order valence-corrected chi connectivity index (χ3v) is 3.13. The van der Waals surface area contributed by atoms with Gasteiger partial charge in [0.25, 0.3) is 0 Å². The summed E-state index contributed by atoms with van der Waals surface area (Å²) in [6.07, 6.45) is 4.42. The lowest BCUT2D eigenvalue weighted by molar-refractivity contribution is -0.150. The molecule has 0 bridgehead atoms. The molecule has 0 amide bonds. The van der Waals surface area contributed by atoms with E-state index in [2.05, 4.69) is 11.5 Å². The number of piperidine rings is 1. The van der Waals surface area contributed by atoms with Gasteiger partial charge in [-0.05, 0) is 39.3 Å². The number of hydrogen-bond acceptors (Lipinski definition) is 2. The topological polar surface area (TPSA) is 40.5 Å². The molecule has 1 aliphatic heterocycles. The number of carboxylic acids is 1. The summed E-state index contributed by atoms with van der Waals surface area (Å²) in [5.74, 6) is -0.652. The lowest BCUT2D eigenvalue weighted by Gasteiger charge is -2.36. The molecule has 0 aromatic carbocycles. The van der Waals surface area contributed by atoms with Gasteiger partial charge in [0.05, 0.1) is 5.41 Å². The molecule has 1 fully saturated rings. The van der Waals surface area contributed by atoms with Crippen molar-refractivity contribution in [2.24, 2.45) is 5.41 Å². The smallest absolute Gasteiger partial charge is 0.309 e. The van der Waals surface area contributed by atoms with E-state index >= 15 is 0 Å². The van der Waals surface area contributed by atoms with Crippen molar-refractivity contribution < 1.29 is 9.90 Å². The molecule has 0 unspecified atom stereocenters. The van der Waals surface area contributed by atoms with Crippen LogP contribution in [0.1, 0.15) is 26.2 Å². The van der Waals surface area contributed by atoms with E-state index in [4.69, 9.17) is 5.11 Å². The van der Waals surface area contributed by atoms with Crippen LogP contribution in [0.3, 0.4) is 0 Å². The predicted molar refractivity (Wildman–Crippen MR) is 56.2 cm³/mol. The molecular weight excluding hydrogens is 178 g/mol. The van der Waals surface area contributed by atoms with Crippen molar-refractivity contribution >= 4 is 5.97 Å². The first-order chi connectivity index (χ1) is 6.58. The highest BCUT2D eigenvalue weighted by Gasteiger charge is 2.36. The van der Waals surface area contributed by atoms with E-state index in [0.717, 1.165) is 38.9 Å². The minimum atomic E-state index is -0.652. The number of nitrogens with zero attached hydrogens (tertiary/aromatic N) is 1. The van der Waals surface area contributed by atoms with Crippen LogP contribution in [0.25, 0.3) is 0 Å². The fourth-order valence-electron chi connectivity index (χ4n) is 1.76. The van der Waals surface area contributed by atoms with Crippen molar-refractivity contribution in [2.75, 3.05) is 19.6 Å². The molecule has 3 nitrogen and oxygen atoms in total. The number of likely N-dealkylation sites (tertiary alicyclic amines) is 1. The fraction of sp³-hybridized carbons (Fsp3) is 0.727. The Hall–Kier alpha value is -0.830. The van der Waals surface area contributed by atoms with Gasteiger partial charge in [-0.2, -0.15) is 0 Å². The molecule has 1 aliphatic rings. The van der Waals surface area contributed by atoms with E-state index in [1.165, 1.54) is 0 Å². The molecule has 0 aromatic heterocycles. The minimum Gasteiger partial charge on any atom is -0.481 e.